The van der Waals surface area contributed by atoms with E-state index in [1.807, 2.05) is 101 Å². The van der Waals surface area contributed by atoms with E-state index >= 15 is 0 Å². The monoisotopic (exact) mass is 934 g/mol. The Labute approximate surface area is 400 Å². The molecule has 11 nitrogen and oxygen atoms in total. The number of thiazole rings is 1. The summed E-state index contributed by atoms with van der Waals surface area (Å²) in [4.78, 5) is 61.4. The Balaban J connectivity index is 0.925. The van der Waals surface area contributed by atoms with Crippen LogP contribution in [0.1, 0.15) is 138 Å². The molecule has 1 aromatic heterocycles. The molecule has 1 aliphatic carbocycles. The van der Waals surface area contributed by atoms with Crippen LogP contribution < -0.4 is 16.0 Å². The van der Waals surface area contributed by atoms with Crippen molar-refractivity contribution >= 4 is 46.6 Å². The van der Waals surface area contributed by atoms with Gasteiger partial charge in [0.25, 0.3) is 5.91 Å². The van der Waals surface area contributed by atoms with Crippen LogP contribution in [0.4, 0.5) is 0 Å². The maximum atomic E-state index is 14.1. The standard InChI is InChI=1S/C53H67ClN6O5S/c1-32(36-22-24-37(25-23-36)45-33(2)56-31-66-45)57-48(64)42-28-40(61)30-60(42)49(65)46(51(3,4)5)58-44(62)15-13-11-10-12-14-34-16-19-38(20-17-34)47(63)59-50-52(6,7)43(53(50,8)9)27-35-18-21-39(29-55)41(54)26-35/h16-26,31-32,40,42-43,46,50,61H,10-15,27-28,30H2,1-9H3,(H,57,64)(H,58,62)(H,59,63)/t32-,40+,42?,43-,46+,50-/m0/s1. The molecule has 6 rings (SSSR count). The largest absolute Gasteiger partial charge is 0.391 e. The molecule has 1 aliphatic heterocycles. The van der Waals surface area contributed by atoms with Crippen LogP contribution in [-0.2, 0) is 27.2 Å². The summed E-state index contributed by atoms with van der Waals surface area (Å²) in [6.07, 6.45) is 4.58. The van der Waals surface area contributed by atoms with E-state index in [2.05, 4.69) is 54.7 Å². The van der Waals surface area contributed by atoms with Gasteiger partial charge in [-0.3, -0.25) is 19.2 Å². The van der Waals surface area contributed by atoms with Crippen LogP contribution in [0.15, 0.2) is 72.2 Å². The number of aromatic nitrogens is 1. The molecular formula is C53H67ClN6O5S. The molecule has 66 heavy (non-hydrogen) atoms. The van der Waals surface area contributed by atoms with Crippen molar-refractivity contribution in [3.05, 3.63) is 111 Å². The Kier molecular flexibility index (Phi) is 15.9. The van der Waals surface area contributed by atoms with Gasteiger partial charge in [-0.05, 0) is 108 Å². The number of β-amino-alcohol motifs (C(OH)–C–C–N with tert-alkyl or cyclic N) is 1. The molecule has 2 fully saturated rings. The van der Waals surface area contributed by atoms with E-state index in [9.17, 15) is 29.5 Å². The van der Waals surface area contributed by atoms with Crippen molar-refractivity contribution in [3.8, 4) is 16.5 Å². The molecule has 352 valence electrons. The van der Waals surface area contributed by atoms with Gasteiger partial charge in [0.15, 0.2) is 0 Å². The average molecular weight is 936 g/mol. The maximum absolute atomic E-state index is 14.1. The number of nitrogens with zero attached hydrogens (tertiary/aromatic N) is 3. The van der Waals surface area contributed by atoms with E-state index in [0.29, 0.717) is 28.5 Å². The number of carbonyl (C=O) groups excluding carboxylic acids is 4. The number of halogens is 1. The first-order valence-corrected chi connectivity index (χ1v) is 24.5. The number of hydrogen-bond donors (Lipinski definition) is 4. The number of nitrogens with one attached hydrogen (secondary N) is 3. The van der Waals surface area contributed by atoms with Crippen molar-refractivity contribution in [1.82, 2.24) is 25.8 Å². The fraction of sp³-hybridized carbons (Fsp3) is 0.509. The average Bonchev–Trinajstić information content (AvgIpc) is 3.89. The van der Waals surface area contributed by atoms with Gasteiger partial charge in [0.05, 0.1) is 38.8 Å². The van der Waals surface area contributed by atoms with Crippen molar-refractivity contribution < 1.29 is 24.3 Å². The summed E-state index contributed by atoms with van der Waals surface area (Å²) in [6, 6.07) is 21.4. The zero-order chi connectivity index (χ0) is 48.1. The van der Waals surface area contributed by atoms with Gasteiger partial charge in [-0.1, -0.05) is 115 Å². The molecule has 1 unspecified atom stereocenters. The second-order valence-electron chi connectivity index (χ2n) is 20.7. The molecule has 1 saturated heterocycles. The Morgan fingerprint density at radius 3 is 2.20 bits per heavy atom. The highest BCUT2D eigenvalue weighted by Gasteiger charge is 2.61. The van der Waals surface area contributed by atoms with Gasteiger partial charge in [0.1, 0.15) is 18.2 Å². The third-order valence-electron chi connectivity index (χ3n) is 14.0. The van der Waals surface area contributed by atoms with Crippen molar-refractivity contribution in [2.45, 2.75) is 144 Å². The minimum absolute atomic E-state index is 0.0175. The first-order chi connectivity index (χ1) is 31.1. The zero-order valence-electron chi connectivity index (χ0n) is 40.0. The Bertz CT molecular complexity index is 2400. The highest BCUT2D eigenvalue weighted by atomic mass is 35.5. The van der Waals surface area contributed by atoms with Crippen molar-refractivity contribution in [3.63, 3.8) is 0 Å². The summed E-state index contributed by atoms with van der Waals surface area (Å²) in [7, 11) is 0. The lowest BCUT2D eigenvalue weighted by molar-refractivity contribution is -0.144. The van der Waals surface area contributed by atoms with Crippen LogP contribution in [0.5, 0.6) is 0 Å². The van der Waals surface area contributed by atoms with Gasteiger partial charge < -0.3 is 26.0 Å². The van der Waals surface area contributed by atoms with Crippen LogP contribution in [0.2, 0.25) is 5.02 Å². The number of unbranched alkanes of at least 4 members (excludes halogenated alkanes) is 3. The van der Waals surface area contributed by atoms with Crippen molar-refractivity contribution in [1.29, 1.82) is 5.26 Å². The van der Waals surface area contributed by atoms with Gasteiger partial charge in [-0.25, -0.2) is 4.98 Å². The molecule has 4 atom stereocenters. The summed E-state index contributed by atoms with van der Waals surface area (Å²) in [6.45, 7) is 18.4. The smallest absolute Gasteiger partial charge is 0.251 e. The minimum atomic E-state index is -0.875. The second-order valence-corrected chi connectivity index (χ2v) is 22.0. The summed E-state index contributed by atoms with van der Waals surface area (Å²) in [5.74, 6) is -0.721. The molecule has 1 saturated carbocycles. The number of amides is 4. The number of aliphatic hydroxyl groups excluding tert-OH is 1. The number of carbonyl (C=O) groups is 4. The lowest BCUT2D eigenvalue weighted by Crippen LogP contribution is -2.70. The maximum Gasteiger partial charge on any atom is 0.251 e. The van der Waals surface area contributed by atoms with Crippen LogP contribution in [0, 0.1) is 40.4 Å². The second kappa shape index (κ2) is 20.8. The molecule has 0 radical (unpaired) electrons. The molecule has 0 spiro atoms. The number of nitriles is 1. The Morgan fingerprint density at radius 1 is 0.939 bits per heavy atom. The molecule has 2 aliphatic rings. The zero-order valence-corrected chi connectivity index (χ0v) is 41.5. The molecule has 4 aromatic rings. The van der Waals surface area contributed by atoms with Gasteiger partial charge in [-0.2, -0.15) is 5.26 Å². The highest BCUT2D eigenvalue weighted by Crippen LogP contribution is 2.60. The van der Waals surface area contributed by atoms with Gasteiger partial charge in [0, 0.05) is 31.0 Å². The lowest BCUT2D eigenvalue weighted by atomic mass is 9.43. The number of likely N-dealkylation sites (tertiary alicyclic amines) is 1. The summed E-state index contributed by atoms with van der Waals surface area (Å²) in [5.41, 5.74) is 7.15. The normalized spacial score (nSPS) is 20.7. The van der Waals surface area contributed by atoms with E-state index in [4.69, 9.17) is 11.6 Å². The van der Waals surface area contributed by atoms with E-state index < -0.39 is 23.6 Å². The minimum Gasteiger partial charge on any atom is -0.391 e. The van der Waals surface area contributed by atoms with Gasteiger partial charge >= 0.3 is 0 Å². The van der Waals surface area contributed by atoms with Crippen LogP contribution in [0.3, 0.4) is 0 Å². The van der Waals surface area contributed by atoms with Crippen molar-refractivity contribution in [2.75, 3.05) is 6.54 Å². The highest BCUT2D eigenvalue weighted by molar-refractivity contribution is 7.13. The molecular weight excluding hydrogens is 868 g/mol. The SMILES string of the molecule is Cc1ncsc1-c1ccc([C@H](C)NC(=O)C2C[C@@H](O)CN2C(=O)[C@@H](NC(=O)CCCCCCc2ccc(C(=O)N[C@H]3C(C)(C)[C@H](Cc4ccc(C#N)c(Cl)c4)C3(C)C)cc2)C(C)(C)C)cc1. The van der Waals surface area contributed by atoms with E-state index in [-0.39, 0.29) is 65.9 Å². The quantitative estimate of drug-likeness (QED) is 0.0766. The topological polar surface area (TPSA) is 165 Å². The molecule has 4 amide bonds. The number of benzene rings is 3. The third-order valence-corrected chi connectivity index (χ3v) is 15.3. The van der Waals surface area contributed by atoms with E-state index in [0.717, 1.165) is 64.9 Å². The molecule has 13 heteroatoms. The van der Waals surface area contributed by atoms with Crippen LogP contribution in [0.25, 0.3) is 10.4 Å². The molecule has 2 heterocycles. The van der Waals surface area contributed by atoms with E-state index in [1.165, 1.54) is 4.90 Å². The fourth-order valence-electron chi connectivity index (χ4n) is 10.4. The number of aryl methyl sites for hydroxylation is 2. The van der Waals surface area contributed by atoms with Gasteiger partial charge in [-0.15, -0.1) is 11.3 Å². The number of aliphatic hydroxyl groups is 1. The first-order valence-electron chi connectivity index (χ1n) is 23.3. The Morgan fingerprint density at radius 2 is 1.59 bits per heavy atom. The molecule has 0 bridgehead atoms. The third kappa shape index (κ3) is 11.5. The van der Waals surface area contributed by atoms with Gasteiger partial charge in [0.2, 0.25) is 17.7 Å². The predicted molar refractivity (Wildman–Crippen MR) is 262 cm³/mol. The first kappa shape index (κ1) is 50.3. The molecule has 4 N–H and O–H groups in total. The summed E-state index contributed by atoms with van der Waals surface area (Å²) in [5, 5.41) is 29.7. The Hall–Kier alpha value is -5.09. The van der Waals surface area contributed by atoms with E-state index in [1.54, 1.807) is 17.4 Å². The summed E-state index contributed by atoms with van der Waals surface area (Å²) < 4.78 is 0. The van der Waals surface area contributed by atoms with Crippen LogP contribution >= 0.6 is 22.9 Å². The fourth-order valence-corrected chi connectivity index (χ4v) is 11.4. The summed E-state index contributed by atoms with van der Waals surface area (Å²) >= 11 is 7.91. The number of hydrogen-bond acceptors (Lipinski definition) is 8. The lowest BCUT2D eigenvalue weighted by Gasteiger charge is -2.64. The number of rotatable bonds is 17. The van der Waals surface area contributed by atoms with Crippen molar-refractivity contribution in [2.24, 2.45) is 22.2 Å². The molecule has 3 aromatic carbocycles. The van der Waals surface area contributed by atoms with Crippen LogP contribution in [-0.4, -0.2) is 69.4 Å². The predicted octanol–water partition coefficient (Wildman–Crippen LogP) is 9.53.